The van der Waals surface area contributed by atoms with E-state index in [0.717, 1.165) is 28.7 Å². The number of benzene rings is 3. The van der Waals surface area contributed by atoms with Crippen molar-refractivity contribution in [2.24, 2.45) is 0 Å². The topological polar surface area (TPSA) is 29.9 Å². The third-order valence-electron chi connectivity index (χ3n) is 5.41. The molecule has 0 fully saturated rings. The predicted molar refractivity (Wildman–Crippen MR) is 117 cm³/mol. The Balaban J connectivity index is 1.73. The minimum Gasteiger partial charge on any atom is -0.325 e. The molecule has 1 atom stereocenters. The second-order valence-electron chi connectivity index (χ2n) is 7.13. The number of aryl methyl sites for hydroxylation is 1. The number of imidazole rings is 1. The van der Waals surface area contributed by atoms with Gasteiger partial charge in [0, 0.05) is 16.3 Å². The lowest BCUT2D eigenvalue weighted by Gasteiger charge is -2.27. The van der Waals surface area contributed by atoms with Gasteiger partial charge in [0.15, 0.2) is 0 Å². The summed E-state index contributed by atoms with van der Waals surface area (Å²) < 4.78 is 16.9. The molecule has 0 bridgehead atoms. The fraction of sp³-hybridized carbons (Fsp3) is 0.125. The van der Waals surface area contributed by atoms with Crippen LogP contribution in [0.15, 0.2) is 72.8 Å². The lowest BCUT2D eigenvalue weighted by molar-refractivity contribution is 0.584. The van der Waals surface area contributed by atoms with Crippen molar-refractivity contribution >= 4 is 34.3 Å². The van der Waals surface area contributed by atoms with E-state index >= 15 is 0 Å². The minimum atomic E-state index is -0.409. The van der Waals surface area contributed by atoms with Gasteiger partial charge in [-0.2, -0.15) is 0 Å². The average Bonchev–Trinajstić information content (AvgIpc) is 3.12. The summed E-state index contributed by atoms with van der Waals surface area (Å²) in [6.45, 7) is 2.13. The number of anilines is 1. The molecule has 1 unspecified atom stereocenters. The van der Waals surface area contributed by atoms with Gasteiger partial charge < -0.3 is 5.32 Å². The molecule has 3 nitrogen and oxygen atoms in total. The smallest absolute Gasteiger partial charge is 0.209 e. The number of halogens is 2. The summed E-state index contributed by atoms with van der Waals surface area (Å²) in [6.07, 6.45) is 3.00. The van der Waals surface area contributed by atoms with Gasteiger partial charge in [0.2, 0.25) is 5.95 Å². The van der Waals surface area contributed by atoms with Crippen LogP contribution in [0.1, 0.15) is 29.7 Å². The van der Waals surface area contributed by atoms with Gasteiger partial charge in [0.25, 0.3) is 0 Å². The van der Waals surface area contributed by atoms with Gasteiger partial charge in [-0.05, 0) is 47.9 Å². The summed E-state index contributed by atoms with van der Waals surface area (Å²) >= 11 is 6.46. The largest absolute Gasteiger partial charge is 0.325 e. The highest BCUT2D eigenvalue weighted by Crippen LogP contribution is 2.40. The van der Waals surface area contributed by atoms with Crippen LogP contribution >= 0.6 is 11.6 Å². The zero-order valence-electron chi connectivity index (χ0n) is 15.9. The number of hydrogen-bond donors (Lipinski definition) is 1. The van der Waals surface area contributed by atoms with E-state index in [1.165, 1.54) is 11.6 Å². The van der Waals surface area contributed by atoms with E-state index in [0.29, 0.717) is 16.5 Å². The van der Waals surface area contributed by atoms with Crippen LogP contribution in [0, 0.1) is 5.82 Å². The number of rotatable bonds is 3. The molecule has 0 aliphatic carbocycles. The number of nitrogens with zero attached hydrogens (tertiary/aromatic N) is 2. The highest BCUT2D eigenvalue weighted by molar-refractivity contribution is 6.31. The van der Waals surface area contributed by atoms with Crippen molar-refractivity contribution < 1.29 is 4.39 Å². The average molecular weight is 404 g/mol. The Labute approximate surface area is 173 Å². The molecule has 0 saturated heterocycles. The Morgan fingerprint density at radius 3 is 2.59 bits per heavy atom. The van der Waals surface area contributed by atoms with Crippen molar-refractivity contribution in [3.05, 3.63) is 100 Å². The van der Waals surface area contributed by atoms with Crippen molar-refractivity contribution in [1.29, 1.82) is 0 Å². The standard InChI is InChI=1S/C24H19ClFN3/c1-2-15-10-12-16(13-11-15)20-14-22(23-17(25)6-5-7-18(23)26)29-21-9-4-3-8-19(21)27-24(29)28-20/h3-14,22H,2H2,1H3,(H,27,28). The fourth-order valence-electron chi connectivity index (χ4n) is 3.90. The van der Waals surface area contributed by atoms with Crippen molar-refractivity contribution in [3.63, 3.8) is 0 Å². The van der Waals surface area contributed by atoms with Gasteiger partial charge in [-0.1, -0.05) is 61.0 Å². The van der Waals surface area contributed by atoms with Crippen LogP contribution in [0.5, 0.6) is 0 Å². The first-order valence-electron chi connectivity index (χ1n) is 9.64. The maximum Gasteiger partial charge on any atom is 0.209 e. The quantitative estimate of drug-likeness (QED) is 0.426. The molecule has 1 aliphatic heterocycles. The number of nitrogens with one attached hydrogen (secondary N) is 1. The van der Waals surface area contributed by atoms with E-state index in [1.54, 1.807) is 12.1 Å². The summed E-state index contributed by atoms with van der Waals surface area (Å²) in [5.74, 6) is 0.345. The minimum absolute atomic E-state index is 0.329. The molecule has 0 radical (unpaired) electrons. The van der Waals surface area contributed by atoms with E-state index < -0.39 is 6.04 Å². The van der Waals surface area contributed by atoms with E-state index in [4.69, 9.17) is 16.6 Å². The molecule has 0 saturated carbocycles. The van der Waals surface area contributed by atoms with Crippen LogP contribution in [0.25, 0.3) is 16.7 Å². The van der Waals surface area contributed by atoms with E-state index in [2.05, 4.69) is 36.5 Å². The summed E-state index contributed by atoms with van der Waals surface area (Å²) in [5.41, 5.74) is 5.41. The molecular formula is C24H19ClFN3. The Kier molecular flexibility index (Phi) is 4.36. The third-order valence-corrected chi connectivity index (χ3v) is 5.74. The Morgan fingerprint density at radius 2 is 1.83 bits per heavy atom. The third kappa shape index (κ3) is 3.00. The van der Waals surface area contributed by atoms with Crippen molar-refractivity contribution in [2.75, 3.05) is 5.32 Å². The molecule has 0 amide bonds. The first-order valence-corrected chi connectivity index (χ1v) is 10.0. The normalized spacial score (nSPS) is 15.7. The second-order valence-corrected chi connectivity index (χ2v) is 7.54. The monoisotopic (exact) mass is 403 g/mol. The summed E-state index contributed by atoms with van der Waals surface area (Å²) in [5, 5.41) is 3.83. The van der Waals surface area contributed by atoms with Gasteiger partial charge in [-0.25, -0.2) is 9.37 Å². The highest BCUT2D eigenvalue weighted by Gasteiger charge is 2.28. The van der Waals surface area contributed by atoms with Crippen LogP contribution in [0.3, 0.4) is 0 Å². The SMILES string of the molecule is CCc1ccc(C2=CC(c3c(F)cccc3Cl)n3c(nc4ccccc43)N2)cc1. The van der Waals surface area contributed by atoms with Crippen LogP contribution in [0.4, 0.5) is 10.3 Å². The van der Waals surface area contributed by atoms with Gasteiger partial charge in [0.05, 0.1) is 17.1 Å². The summed E-state index contributed by atoms with van der Waals surface area (Å²) in [6, 6.07) is 20.6. The maximum atomic E-state index is 14.9. The van der Waals surface area contributed by atoms with E-state index in [-0.39, 0.29) is 5.82 Å². The molecule has 1 N–H and O–H groups in total. The first kappa shape index (κ1) is 18.0. The Hall–Kier alpha value is -3.11. The highest BCUT2D eigenvalue weighted by atomic mass is 35.5. The number of para-hydroxylation sites is 2. The number of aromatic nitrogens is 2. The van der Waals surface area contributed by atoms with Crippen molar-refractivity contribution in [1.82, 2.24) is 9.55 Å². The van der Waals surface area contributed by atoms with Crippen LogP contribution < -0.4 is 5.32 Å². The number of fused-ring (bicyclic) bond motifs is 3. The predicted octanol–water partition coefficient (Wildman–Crippen LogP) is 6.45. The lowest BCUT2D eigenvalue weighted by atomic mass is 9.99. The molecule has 144 valence electrons. The zero-order valence-corrected chi connectivity index (χ0v) is 16.6. The summed E-state index contributed by atoms with van der Waals surface area (Å²) in [7, 11) is 0. The zero-order chi connectivity index (χ0) is 20.0. The van der Waals surface area contributed by atoms with E-state index in [9.17, 15) is 4.39 Å². The fourth-order valence-corrected chi connectivity index (χ4v) is 4.18. The first-order chi connectivity index (χ1) is 14.2. The maximum absolute atomic E-state index is 14.9. The van der Waals surface area contributed by atoms with Gasteiger partial charge >= 0.3 is 0 Å². The van der Waals surface area contributed by atoms with Crippen LogP contribution in [-0.2, 0) is 6.42 Å². The molecule has 1 aliphatic rings. The molecular weight excluding hydrogens is 385 g/mol. The molecule has 2 heterocycles. The molecule has 5 heteroatoms. The second kappa shape index (κ2) is 7.05. The Bertz CT molecular complexity index is 1220. The van der Waals surface area contributed by atoms with Gasteiger partial charge in [-0.15, -0.1) is 0 Å². The molecule has 5 rings (SSSR count). The van der Waals surface area contributed by atoms with Crippen LogP contribution in [-0.4, -0.2) is 9.55 Å². The Morgan fingerprint density at radius 1 is 1.03 bits per heavy atom. The summed E-state index contributed by atoms with van der Waals surface area (Å²) in [4.78, 5) is 4.74. The van der Waals surface area contributed by atoms with Crippen LogP contribution in [0.2, 0.25) is 5.02 Å². The van der Waals surface area contributed by atoms with Gasteiger partial charge in [-0.3, -0.25) is 4.57 Å². The molecule has 1 aromatic heterocycles. The molecule has 4 aromatic rings. The van der Waals surface area contributed by atoms with Crippen molar-refractivity contribution in [3.8, 4) is 0 Å². The molecule has 29 heavy (non-hydrogen) atoms. The molecule has 3 aromatic carbocycles. The lowest BCUT2D eigenvalue weighted by Crippen LogP contribution is -2.20. The van der Waals surface area contributed by atoms with E-state index in [1.807, 2.05) is 34.9 Å². The number of allylic oxidation sites excluding steroid dienone is 1. The van der Waals surface area contributed by atoms with Gasteiger partial charge in [0.1, 0.15) is 5.82 Å². The van der Waals surface area contributed by atoms with Crippen molar-refractivity contribution in [2.45, 2.75) is 19.4 Å². The number of hydrogen-bond acceptors (Lipinski definition) is 2. The molecule has 0 spiro atoms.